The Kier molecular flexibility index (Phi) is 3.74. The van der Waals surface area contributed by atoms with Gasteiger partial charge in [-0.25, -0.2) is 0 Å². The second kappa shape index (κ2) is 5.27. The van der Waals surface area contributed by atoms with Gasteiger partial charge in [-0.1, -0.05) is 0 Å². The Morgan fingerprint density at radius 1 is 1.38 bits per heavy atom. The standard InChI is InChI=1S/C12H12O2S2/c1-14-11-5-7-16-12(11)10(13)3-2-9-4-6-15-8-9/h4-8H,2-3H2,1H3. The number of ether oxygens (including phenoxy) is 1. The lowest BCUT2D eigenvalue weighted by molar-refractivity contribution is 0.0984. The summed E-state index contributed by atoms with van der Waals surface area (Å²) >= 11 is 3.11. The molecule has 0 aliphatic heterocycles. The van der Waals surface area contributed by atoms with Gasteiger partial charge in [-0.2, -0.15) is 11.3 Å². The van der Waals surface area contributed by atoms with E-state index in [9.17, 15) is 4.79 Å². The van der Waals surface area contributed by atoms with Crippen LogP contribution in [0.5, 0.6) is 5.75 Å². The Bertz CT molecular complexity index is 457. The molecule has 0 radical (unpaired) electrons. The van der Waals surface area contributed by atoms with E-state index >= 15 is 0 Å². The summed E-state index contributed by atoms with van der Waals surface area (Å²) in [6.07, 6.45) is 1.36. The zero-order valence-corrected chi connectivity index (χ0v) is 10.6. The van der Waals surface area contributed by atoms with E-state index in [0.717, 1.165) is 11.3 Å². The van der Waals surface area contributed by atoms with Crippen molar-refractivity contribution in [1.29, 1.82) is 0 Å². The molecule has 2 aromatic rings. The molecule has 2 rings (SSSR count). The molecule has 4 heteroatoms. The Morgan fingerprint density at radius 3 is 2.94 bits per heavy atom. The van der Waals surface area contributed by atoms with Crippen molar-refractivity contribution in [3.63, 3.8) is 0 Å². The summed E-state index contributed by atoms with van der Waals surface area (Å²) in [6, 6.07) is 3.89. The number of aryl methyl sites for hydroxylation is 1. The Morgan fingerprint density at radius 2 is 2.25 bits per heavy atom. The third-order valence-electron chi connectivity index (χ3n) is 2.32. The number of carbonyl (C=O) groups is 1. The number of hydrogen-bond acceptors (Lipinski definition) is 4. The number of ketones is 1. The van der Waals surface area contributed by atoms with E-state index in [4.69, 9.17) is 4.74 Å². The number of rotatable bonds is 5. The summed E-state index contributed by atoms with van der Waals surface area (Å²) in [5.41, 5.74) is 1.23. The minimum Gasteiger partial charge on any atom is -0.495 e. The van der Waals surface area contributed by atoms with E-state index < -0.39 is 0 Å². The fourth-order valence-corrected chi connectivity index (χ4v) is 3.00. The average molecular weight is 252 g/mol. The van der Waals surface area contributed by atoms with E-state index in [1.165, 1.54) is 16.9 Å². The first-order chi connectivity index (χ1) is 7.81. The molecule has 0 aliphatic carbocycles. The summed E-state index contributed by atoms with van der Waals surface area (Å²) in [7, 11) is 1.59. The van der Waals surface area contributed by atoms with Crippen LogP contribution >= 0.6 is 22.7 Å². The van der Waals surface area contributed by atoms with E-state index in [1.807, 2.05) is 16.8 Å². The summed E-state index contributed by atoms with van der Waals surface area (Å²) in [5, 5.41) is 6.00. The van der Waals surface area contributed by atoms with Crippen LogP contribution < -0.4 is 4.74 Å². The first-order valence-electron chi connectivity index (χ1n) is 4.97. The normalized spacial score (nSPS) is 10.3. The summed E-state index contributed by atoms with van der Waals surface area (Å²) in [4.78, 5) is 12.6. The highest BCUT2D eigenvalue weighted by Crippen LogP contribution is 2.26. The van der Waals surface area contributed by atoms with Crippen LogP contribution in [0.25, 0.3) is 0 Å². The predicted molar refractivity (Wildman–Crippen MR) is 67.8 cm³/mol. The highest BCUT2D eigenvalue weighted by molar-refractivity contribution is 7.12. The van der Waals surface area contributed by atoms with Crippen LogP contribution in [-0.2, 0) is 6.42 Å². The fraction of sp³-hybridized carbons (Fsp3) is 0.250. The Labute approximate surface area is 103 Å². The lowest BCUT2D eigenvalue weighted by Gasteiger charge is -2.01. The van der Waals surface area contributed by atoms with Crippen LogP contribution in [-0.4, -0.2) is 12.9 Å². The number of thiophene rings is 2. The van der Waals surface area contributed by atoms with Gasteiger partial charge in [0.15, 0.2) is 5.78 Å². The smallest absolute Gasteiger partial charge is 0.176 e. The largest absolute Gasteiger partial charge is 0.495 e. The van der Waals surface area contributed by atoms with Crippen LogP contribution in [0.15, 0.2) is 28.3 Å². The molecule has 0 fully saturated rings. The molecule has 2 aromatic heterocycles. The zero-order valence-electron chi connectivity index (χ0n) is 8.93. The van der Waals surface area contributed by atoms with Gasteiger partial charge >= 0.3 is 0 Å². The maximum absolute atomic E-state index is 11.9. The molecule has 0 aromatic carbocycles. The number of methoxy groups -OCH3 is 1. The molecule has 84 valence electrons. The minimum absolute atomic E-state index is 0.165. The van der Waals surface area contributed by atoms with Crippen LogP contribution in [0.2, 0.25) is 0 Å². The Balaban J connectivity index is 1.98. The summed E-state index contributed by atoms with van der Waals surface area (Å²) < 4.78 is 5.14. The quantitative estimate of drug-likeness (QED) is 0.759. The molecule has 0 atom stereocenters. The SMILES string of the molecule is COc1ccsc1C(=O)CCc1ccsc1. The van der Waals surface area contributed by atoms with E-state index in [0.29, 0.717) is 12.2 Å². The van der Waals surface area contributed by atoms with Crippen LogP contribution in [0.3, 0.4) is 0 Å². The molecule has 0 spiro atoms. The monoisotopic (exact) mass is 252 g/mol. The second-order valence-electron chi connectivity index (χ2n) is 3.37. The Hall–Kier alpha value is -1.13. The van der Waals surface area contributed by atoms with Crippen LogP contribution in [0.4, 0.5) is 0 Å². The summed E-state index contributed by atoms with van der Waals surface area (Å²) in [6.45, 7) is 0. The first kappa shape index (κ1) is 11.4. The first-order valence-corrected chi connectivity index (χ1v) is 6.79. The maximum Gasteiger partial charge on any atom is 0.176 e. The lowest BCUT2D eigenvalue weighted by atomic mass is 10.1. The van der Waals surface area contributed by atoms with Crippen molar-refractivity contribution in [1.82, 2.24) is 0 Å². The van der Waals surface area contributed by atoms with Gasteiger partial charge in [0.2, 0.25) is 0 Å². The zero-order chi connectivity index (χ0) is 11.4. The van der Waals surface area contributed by atoms with Crippen LogP contribution in [0, 0.1) is 0 Å². The van der Waals surface area contributed by atoms with Crippen molar-refractivity contribution in [2.75, 3.05) is 7.11 Å². The van der Waals surface area contributed by atoms with Crippen molar-refractivity contribution < 1.29 is 9.53 Å². The van der Waals surface area contributed by atoms with Gasteiger partial charge in [-0.3, -0.25) is 4.79 Å². The number of hydrogen-bond donors (Lipinski definition) is 0. The molecule has 2 heterocycles. The molecule has 0 amide bonds. The number of carbonyl (C=O) groups excluding carboxylic acids is 1. The van der Waals surface area contributed by atoms with Gasteiger partial charge in [0.1, 0.15) is 10.6 Å². The van der Waals surface area contributed by atoms with E-state index in [2.05, 4.69) is 11.4 Å². The van der Waals surface area contributed by atoms with Crippen molar-refractivity contribution in [3.05, 3.63) is 38.7 Å². The highest BCUT2D eigenvalue weighted by atomic mass is 32.1. The third kappa shape index (κ3) is 2.51. The topological polar surface area (TPSA) is 26.3 Å². The third-order valence-corrected chi connectivity index (χ3v) is 3.99. The van der Waals surface area contributed by atoms with Crippen molar-refractivity contribution in [2.24, 2.45) is 0 Å². The highest BCUT2D eigenvalue weighted by Gasteiger charge is 2.13. The number of Topliss-reactive ketones (excluding diaryl/α,β-unsaturated/α-hetero) is 1. The van der Waals surface area contributed by atoms with Crippen molar-refractivity contribution in [2.45, 2.75) is 12.8 Å². The summed E-state index contributed by atoms with van der Waals surface area (Å²) in [5.74, 6) is 0.860. The van der Waals surface area contributed by atoms with Gasteiger partial charge < -0.3 is 4.74 Å². The molecule has 2 nitrogen and oxygen atoms in total. The average Bonchev–Trinajstić information content (AvgIpc) is 2.96. The maximum atomic E-state index is 11.9. The second-order valence-corrected chi connectivity index (χ2v) is 5.07. The minimum atomic E-state index is 0.165. The lowest BCUT2D eigenvalue weighted by Crippen LogP contribution is -2.00. The molecule has 0 aliphatic rings. The van der Waals surface area contributed by atoms with Gasteiger partial charge in [-0.05, 0) is 40.3 Å². The van der Waals surface area contributed by atoms with Crippen molar-refractivity contribution in [3.8, 4) is 5.75 Å². The molecule has 0 saturated heterocycles. The van der Waals surface area contributed by atoms with Crippen molar-refractivity contribution >= 4 is 28.5 Å². The van der Waals surface area contributed by atoms with Crippen LogP contribution in [0.1, 0.15) is 21.7 Å². The van der Waals surface area contributed by atoms with Gasteiger partial charge in [0.05, 0.1) is 7.11 Å². The molecule has 0 saturated carbocycles. The molecule has 16 heavy (non-hydrogen) atoms. The molecular weight excluding hydrogens is 240 g/mol. The molecule has 0 bridgehead atoms. The molecule has 0 unspecified atom stereocenters. The van der Waals surface area contributed by atoms with Gasteiger partial charge in [0.25, 0.3) is 0 Å². The molecule has 0 N–H and O–H groups in total. The molecular formula is C12H12O2S2. The van der Waals surface area contributed by atoms with E-state index in [1.54, 1.807) is 18.4 Å². The van der Waals surface area contributed by atoms with Gasteiger partial charge in [0, 0.05) is 6.42 Å². The van der Waals surface area contributed by atoms with E-state index in [-0.39, 0.29) is 5.78 Å². The fourth-order valence-electron chi connectivity index (χ4n) is 1.47. The predicted octanol–water partition coefficient (Wildman–Crippen LogP) is 3.63. The van der Waals surface area contributed by atoms with Gasteiger partial charge in [-0.15, -0.1) is 11.3 Å².